The zero-order valence-electron chi connectivity index (χ0n) is 9.56. The lowest BCUT2D eigenvalue weighted by atomic mass is 10.2. The first kappa shape index (κ1) is 12.6. The van der Waals surface area contributed by atoms with Crippen LogP contribution in [0.4, 0.5) is 5.82 Å². The number of amides is 1. The number of nitrogen functional groups attached to an aromatic ring is 1. The molecule has 0 spiro atoms. The van der Waals surface area contributed by atoms with Crippen LogP contribution in [0.15, 0.2) is 47.1 Å². The van der Waals surface area contributed by atoms with E-state index in [1.807, 2.05) is 24.3 Å². The number of nitrogens with zero attached hydrogens (tertiary/aromatic N) is 1. The standard InChI is InChI=1S/C13H12BrN3O/c14-11-6-2-1-4-9(11)8-17-13(18)10-5-3-7-16-12(10)15/h1-7H,8H2,(H2,15,16)(H,17,18). The molecule has 4 nitrogen and oxygen atoms in total. The summed E-state index contributed by atoms with van der Waals surface area (Å²) in [5, 5.41) is 2.81. The summed E-state index contributed by atoms with van der Waals surface area (Å²) in [6, 6.07) is 11.1. The van der Waals surface area contributed by atoms with Crippen LogP contribution in [-0.2, 0) is 6.54 Å². The molecule has 0 radical (unpaired) electrons. The van der Waals surface area contributed by atoms with Crippen LogP contribution in [0.25, 0.3) is 0 Å². The molecule has 1 aromatic heterocycles. The zero-order chi connectivity index (χ0) is 13.0. The zero-order valence-corrected chi connectivity index (χ0v) is 11.1. The van der Waals surface area contributed by atoms with Crippen molar-refractivity contribution in [1.82, 2.24) is 10.3 Å². The van der Waals surface area contributed by atoms with E-state index in [2.05, 4.69) is 26.2 Å². The first-order valence-electron chi connectivity index (χ1n) is 5.40. The van der Waals surface area contributed by atoms with E-state index in [0.717, 1.165) is 10.0 Å². The van der Waals surface area contributed by atoms with E-state index in [4.69, 9.17) is 5.73 Å². The van der Waals surface area contributed by atoms with Crippen molar-refractivity contribution in [2.45, 2.75) is 6.54 Å². The van der Waals surface area contributed by atoms with Gasteiger partial charge in [0.05, 0.1) is 5.56 Å². The topological polar surface area (TPSA) is 68.0 Å². The molecule has 2 rings (SSSR count). The molecule has 1 amide bonds. The molecule has 92 valence electrons. The third-order valence-corrected chi connectivity index (χ3v) is 3.25. The molecule has 0 saturated carbocycles. The molecule has 2 aromatic rings. The van der Waals surface area contributed by atoms with Crippen LogP contribution in [0.3, 0.4) is 0 Å². The van der Waals surface area contributed by atoms with E-state index in [1.165, 1.54) is 0 Å². The van der Waals surface area contributed by atoms with Crippen molar-refractivity contribution < 1.29 is 4.79 Å². The maximum Gasteiger partial charge on any atom is 0.255 e. The lowest BCUT2D eigenvalue weighted by Gasteiger charge is -2.08. The molecule has 0 aliphatic rings. The number of pyridine rings is 1. The molecule has 0 aliphatic carbocycles. The number of nitrogens with two attached hydrogens (primary N) is 1. The number of hydrogen-bond donors (Lipinski definition) is 2. The van der Waals surface area contributed by atoms with E-state index < -0.39 is 0 Å². The summed E-state index contributed by atoms with van der Waals surface area (Å²) in [6.45, 7) is 0.439. The Bertz CT molecular complexity index is 572. The minimum Gasteiger partial charge on any atom is -0.383 e. The van der Waals surface area contributed by atoms with Gasteiger partial charge < -0.3 is 11.1 Å². The van der Waals surface area contributed by atoms with Crippen LogP contribution in [0, 0.1) is 0 Å². The molecule has 0 saturated heterocycles. The average molecular weight is 306 g/mol. The van der Waals surface area contributed by atoms with Gasteiger partial charge >= 0.3 is 0 Å². The molecule has 18 heavy (non-hydrogen) atoms. The number of carbonyl (C=O) groups is 1. The number of benzene rings is 1. The Morgan fingerprint density at radius 3 is 2.78 bits per heavy atom. The van der Waals surface area contributed by atoms with Crippen molar-refractivity contribution in [3.63, 3.8) is 0 Å². The fourth-order valence-corrected chi connectivity index (χ4v) is 1.95. The van der Waals surface area contributed by atoms with E-state index >= 15 is 0 Å². The highest BCUT2D eigenvalue weighted by Gasteiger charge is 2.09. The Balaban J connectivity index is 2.06. The van der Waals surface area contributed by atoms with Crippen molar-refractivity contribution in [3.05, 3.63) is 58.2 Å². The predicted octanol–water partition coefficient (Wildman–Crippen LogP) is 2.36. The number of carbonyl (C=O) groups excluding carboxylic acids is 1. The molecule has 0 unspecified atom stereocenters. The first-order valence-corrected chi connectivity index (χ1v) is 6.20. The van der Waals surface area contributed by atoms with Crippen molar-refractivity contribution in [1.29, 1.82) is 0 Å². The Hall–Kier alpha value is -1.88. The molecule has 0 aliphatic heterocycles. The van der Waals surface area contributed by atoms with Crippen LogP contribution in [0.2, 0.25) is 0 Å². The first-order chi connectivity index (χ1) is 8.68. The monoisotopic (exact) mass is 305 g/mol. The molecule has 5 heteroatoms. The fourth-order valence-electron chi connectivity index (χ4n) is 1.52. The Morgan fingerprint density at radius 1 is 1.28 bits per heavy atom. The number of aromatic nitrogens is 1. The van der Waals surface area contributed by atoms with Gasteiger partial charge in [-0.1, -0.05) is 34.1 Å². The van der Waals surface area contributed by atoms with Crippen LogP contribution < -0.4 is 11.1 Å². The highest BCUT2D eigenvalue weighted by atomic mass is 79.9. The summed E-state index contributed by atoms with van der Waals surface area (Å²) < 4.78 is 0.962. The van der Waals surface area contributed by atoms with Crippen molar-refractivity contribution in [3.8, 4) is 0 Å². The number of anilines is 1. The van der Waals surface area contributed by atoms with Crippen LogP contribution in [0.5, 0.6) is 0 Å². The molecular formula is C13H12BrN3O. The summed E-state index contributed by atoms with van der Waals surface area (Å²) in [6.07, 6.45) is 1.56. The summed E-state index contributed by atoms with van der Waals surface area (Å²) in [4.78, 5) is 15.8. The van der Waals surface area contributed by atoms with Crippen molar-refractivity contribution in [2.75, 3.05) is 5.73 Å². The summed E-state index contributed by atoms with van der Waals surface area (Å²) in [5.41, 5.74) is 7.04. The second kappa shape index (κ2) is 5.64. The van der Waals surface area contributed by atoms with Gasteiger partial charge in [0.15, 0.2) is 0 Å². The SMILES string of the molecule is Nc1ncccc1C(=O)NCc1ccccc1Br. The van der Waals surface area contributed by atoms with E-state index in [-0.39, 0.29) is 11.7 Å². The van der Waals surface area contributed by atoms with Gasteiger partial charge in [0.1, 0.15) is 5.82 Å². The third-order valence-electron chi connectivity index (χ3n) is 2.48. The van der Waals surface area contributed by atoms with Gasteiger partial charge in [-0.25, -0.2) is 4.98 Å². The van der Waals surface area contributed by atoms with E-state index in [0.29, 0.717) is 12.1 Å². The van der Waals surface area contributed by atoms with Gasteiger partial charge in [0.25, 0.3) is 5.91 Å². The Labute approximate surface area is 113 Å². The van der Waals surface area contributed by atoms with Gasteiger partial charge in [0, 0.05) is 17.2 Å². The lowest BCUT2D eigenvalue weighted by molar-refractivity contribution is 0.0951. The van der Waals surface area contributed by atoms with Crippen LogP contribution >= 0.6 is 15.9 Å². The summed E-state index contributed by atoms with van der Waals surface area (Å²) in [7, 11) is 0. The number of halogens is 1. The largest absolute Gasteiger partial charge is 0.383 e. The van der Waals surface area contributed by atoms with Gasteiger partial charge in [-0.2, -0.15) is 0 Å². The maximum absolute atomic E-state index is 11.9. The predicted molar refractivity (Wildman–Crippen MR) is 74.0 cm³/mol. The van der Waals surface area contributed by atoms with Gasteiger partial charge in [0.2, 0.25) is 0 Å². The van der Waals surface area contributed by atoms with Gasteiger partial charge in [-0.05, 0) is 23.8 Å². The molecular weight excluding hydrogens is 294 g/mol. The summed E-state index contributed by atoms with van der Waals surface area (Å²) in [5.74, 6) is 0.0125. The highest BCUT2D eigenvalue weighted by Crippen LogP contribution is 2.15. The smallest absolute Gasteiger partial charge is 0.255 e. The van der Waals surface area contributed by atoms with Gasteiger partial charge in [-0.3, -0.25) is 4.79 Å². The average Bonchev–Trinajstić information content (AvgIpc) is 2.38. The fraction of sp³-hybridized carbons (Fsp3) is 0.0769. The van der Waals surface area contributed by atoms with Crippen molar-refractivity contribution >= 4 is 27.7 Å². The summed E-state index contributed by atoms with van der Waals surface area (Å²) >= 11 is 3.43. The Morgan fingerprint density at radius 2 is 2.06 bits per heavy atom. The minimum atomic E-state index is -0.226. The number of nitrogens with one attached hydrogen (secondary N) is 1. The second-order valence-electron chi connectivity index (χ2n) is 3.71. The van der Waals surface area contributed by atoms with Crippen molar-refractivity contribution in [2.24, 2.45) is 0 Å². The Kier molecular flexibility index (Phi) is 3.94. The number of hydrogen-bond acceptors (Lipinski definition) is 3. The third kappa shape index (κ3) is 2.87. The molecule has 0 bridgehead atoms. The number of rotatable bonds is 3. The highest BCUT2D eigenvalue weighted by molar-refractivity contribution is 9.10. The maximum atomic E-state index is 11.9. The lowest BCUT2D eigenvalue weighted by Crippen LogP contribution is -2.24. The minimum absolute atomic E-state index is 0.226. The van der Waals surface area contributed by atoms with E-state index in [1.54, 1.807) is 18.3 Å². The molecule has 1 heterocycles. The van der Waals surface area contributed by atoms with E-state index in [9.17, 15) is 4.79 Å². The van der Waals surface area contributed by atoms with Crippen LogP contribution in [-0.4, -0.2) is 10.9 Å². The molecule has 0 fully saturated rings. The molecule has 3 N–H and O–H groups in total. The molecule has 1 aromatic carbocycles. The normalized spacial score (nSPS) is 10.1. The quantitative estimate of drug-likeness (QED) is 0.914. The van der Waals surface area contributed by atoms with Gasteiger partial charge in [-0.15, -0.1) is 0 Å². The van der Waals surface area contributed by atoms with Crippen LogP contribution in [0.1, 0.15) is 15.9 Å². The second-order valence-corrected chi connectivity index (χ2v) is 4.56. The molecule has 0 atom stereocenters.